The second-order valence-electron chi connectivity index (χ2n) is 8.79. The van der Waals surface area contributed by atoms with E-state index in [9.17, 15) is 9.59 Å². The highest BCUT2D eigenvalue weighted by atomic mass is 79.9. The Morgan fingerprint density at radius 3 is 2.85 bits per heavy atom. The number of nitrogens with one attached hydrogen (secondary N) is 1. The number of likely N-dealkylation sites (tertiary alicyclic amines) is 1. The Morgan fingerprint density at radius 2 is 2.19 bits per heavy atom. The maximum atomic E-state index is 12.9. The van der Waals surface area contributed by atoms with Gasteiger partial charge in [0, 0.05) is 13.6 Å². The molecule has 9 heteroatoms. The fourth-order valence-corrected chi connectivity index (χ4v) is 5.94. The van der Waals surface area contributed by atoms with Crippen LogP contribution in [0.3, 0.4) is 0 Å². The van der Waals surface area contributed by atoms with Crippen LogP contribution in [0.15, 0.2) is 14.6 Å². The first-order chi connectivity index (χ1) is 12.7. The molecule has 4 rings (SSSR count). The third-order valence-corrected chi connectivity index (χ3v) is 8.82. The van der Waals surface area contributed by atoms with E-state index < -0.39 is 8.07 Å². The van der Waals surface area contributed by atoms with E-state index in [-0.39, 0.29) is 23.2 Å². The highest BCUT2D eigenvalue weighted by Gasteiger charge is 2.58. The van der Waals surface area contributed by atoms with Gasteiger partial charge in [0.15, 0.2) is 0 Å². The number of rotatable bonds is 4. The smallest absolute Gasteiger partial charge is 0.410 e. The van der Waals surface area contributed by atoms with Crippen LogP contribution in [0.2, 0.25) is 25.7 Å². The zero-order valence-electron chi connectivity index (χ0n) is 15.8. The molecule has 0 bridgehead atoms. The van der Waals surface area contributed by atoms with Crippen LogP contribution in [0.1, 0.15) is 37.5 Å². The standard InChI is InChI=1S/C18H24BrN3O3SSi/c1-27(2,3)9-8-25-17(24)22-12(4-5-18(22)6-7-18)15-20-11-10-13(19)26-14(11)16(23)21-15/h10,12H,4-9H2,1-3H3,(H,20,21,23). The molecule has 2 aromatic rings. The van der Waals surface area contributed by atoms with Gasteiger partial charge in [-0.25, -0.2) is 9.78 Å². The van der Waals surface area contributed by atoms with Gasteiger partial charge < -0.3 is 9.72 Å². The number of nitrogens with zero attached hydrogens (tertiary/aromatic N) is 2. The Balaban J connectivity index is 1.60. The molecule has 1 saturated heterocycles. The fraction of sp³-hybridized carbons (Fsp3) is 0.611. The average Bonchev–Trinajstić information content (AvgIpc) is 3.06. The largest absolute Gasteiger partial charge is 0.450 e. The molecule has 6 nitrogen and oxygen atoms in total. The SMILES string of the molecule is C[Si](C)(C)CCOC(=O)N1C(c2nc3cc(Br)sc3c(=O)[nH]2)CCC12CC2. The number of aromatic amines is 1. The molecule has 3 heterocycles. The number of carbonyl (C=O) groups excluding carboxylic acids is 1. The van der Waals surface area contributed by atoms with Gasteiger partial charge in [0.2, 0.25) is 0 Å². The lowest BCUT2D eigenvalue weighted by molar-refractivity contribution is 0.0812. The topological polar surface area (TPSA) is 75.3 Å². The first-order valence-corrected chi connectivity index (χ1v) is 14.7. The van der Waals surface area contributed by atoms with Gasteiger partial charge in [0.1, 0.15) is 10.5 Å². The van der Waals surface area contributed by atoms with E-state index in [0.717, 1.165) is 35.5 Å². The maximum absolute atomic E-state index is 12.9. The van der Waals surface area contributed by atoms with Crippen LogP contribution in [0.5, 0.6) is 0 Å². The van der Waals surface area contributed by atoms with Crippen molar-refractivity contribution in [3.05, 3.63) is 26.0 Å². The molecule has 1 saturated carbocycles. The van der Waals surface area contributed by atoms with Gasteiger partial charge in [-0.2, -0.15) is 0 Å². The molecule has 1 aliphatic carbocycles. The highest BCUT2D eigenvalue weighted by Crippen LogP contribution is 2.56. The zero-order valence-corrected chi connectivity index (χ0v) is 19.2. The van der Waals surface area contributed by atoms with E-state index >= 15 is 0 Å². The number of halogens is 1. The molecule has 1 spiro atoms. The van der Waals surface area contributed by atoms with E-state index in [4.69, 9.17) is 4.74 Å². The molecule has 1 N–H and O–H groups in total. The molecule has 1 aliphatic heterocycles. The quantitative estimate of drug-likeness (QED) is 0.646. The first-order valence-electron chi connectivity index (χ1n) is 9.34. The summed E-state index contributed by atoms with van der Waals surface area (Å²) in [6.45, 7) is 7.27. The van der Waals surface area contributed by atoms with Gasteiger partial charge in [0.25, 0.3) is 5.56 Å². The minimum absolute atomic E-state index is 0.0936. The predicted octanol–water partition coefficient (Wildman–Crippen LogP) is 4.89. The summed E-state index contributed by atoms with van der Waals surface area (Å²) in [6, 6.07) is 2.59. The van der Waals surface area contributed by atoms with E-state index in [1.54, 1.807) is 0 Å². The first kappa shape index (κ1) is 19.1. The summed E-state index contributed by atoms with van der Waals surface area (Å²) in [7, 11) is -1.26. The number of carbonyl (C=O) groups is 1. The van der Waals surface area contributed by atoms with Crippen molar-refractivity contribution in [2.75, 3.05) is 6.61 Å². The van der Waals surface area contributed by atoms with Crippen molar-refractivity contribution in [3.8, 4) is 0 Å². The van der Waals surface area contributed by atoms with E-state index in [1.165, 1.54) is 11.3 Å². The number of aromatic nitrogens is 2. The minimum atomic E-state index is -1.26. The molecule has 2 aromatic heterocycles. The van der Waals surface area contributed by atoms with Crippen LogP contribution >= 0.6 is 27.3 Å². The van der Waals surface area contributed by atoms with Crippen molar-refractivity contribution in [2.24, 2.45) is 0 Å². The molecule has 0 radical (unpaired) electrons. The third kappa shape index (κ3) is 3.73. The summed E-state index contributed by atoms with van der Waals surface area (Å²) in [5, 5.41) is 0. The Bertz CT molecular complexity index is 947. The van der Waals surface area contributed by atoms with Crippen LogP contribution in [-0.4, -0.2) is 41.2 Å². The van der Waals surface area contributed by atoms with Crippen molar-refractivity contribution >= 4 is 51.7 Å². The van der Waals surface area contributed by atoms with Gasteiger partial charge in [-0.1, -0.05) is 19.6 Å². The van der Waals surface area contributed by atoms with E-state index in [1.807, 2.05) is 11.0 Å². The summed E-state index contributed by atoms with van der Waals surface area (Å²) in [4.78, 5) is 34.8. The van der Waals surface area contributed by atoms with Crippen molar-refractivity contribution in [3.63, 3.8) is 0 Å². The number of H-pyrrole nitrogens is 1. The lowest BCUT2D eigenvalue weighted by atomic mass is 10.2. The van der Waals surface area contributed by atoms with E-state index in [2.05, 4.69) is 45.5 Å². The Morgan fingerprint density at radius 1 is 1.44 bits per heavy atom. The van der Waals surface area contributed by atoms with Gasteiger partial charge in [-0.3, -0.25) is 9.69 Å². The predicted molar refractivity (Wildman–Crippen MR) is 113 cm³/mol. The van der Waals surface area contributed by atoms with Crippen LogP contribution in [0.4, 0.5) is 4.79 Å². The van der Waals surface area contributed by atoms with Crippen molar-refractivity contribution < 1.29 is 9.53 Å². The molecule has 2 fully saturated rings. The number of hydrogen-bond acceptors (Lipinski definition) is 5. The molecule has 146 valence electrons. The number of ether oxygens (including phenoxy) is 1. The summed E-state index contributed by atoms with van der Waals surface area (Å²) < 4.78 is 7.13. The number of fused-ring (bicyclic) bond motifs is 1. The Kier molecular flexibility index (Phi) is 4.75. The average molecular weight is 470 g/mol. The van der Waals surface area contributed by atoms with Gasteiger partial charge in [-0.05, 0) is 53.7 Å². The molecule has 0 aromatic carbocycles. The zero-order chi connectivity index (χ0) is 19.4. The highest BCUT2D eigenvalue weighted by molar-refractivity contribution is 9.11. The van der Waals surface area contributed by atoms with Crippen molar-refractivity contribution in [2.45, 2.75) is 62.9 Å². The molecule has 1 unspecified atom stereocenters. The molecule has 27 heavy (non-hydrogen) atoms. The lowest BCUT2D eigenvalue weighted by Gasteiger charge is -2.29. The molecule has 1 atom stereocenters. The Labute approximate surface area is 171 Å². The van der Waals surface area contributed by atoms with Crippen LogP contribution in [0, 0.1) is 0 Å². The van der Waals surface area contributed by atoms with Crippen molar-refractivity contribution in [1.29, 1.82) is 0 Å². The van der Waals surface area contributed by atoms with Crippen LogP contribution < -0.4 is 5.56 Å². The summed E-state index contributed by atoms with van der Waals surface area (Å²) >= 11 is 4.79. The summed E-state index contributed by atoms with van der Waals surface area (Å²) in [6.07, 6.45) is 3.49. The molecular weight excluding hydrogens is 446 g/mol. The Hall–Kier alpha value is -1.19. The summed E-state index contributed by atoms with van der Waals surface area (Å²) in [5.74, 6) is 0.573. The minimum Gasteiger partial charge on any atom is -0.450 e. The summed E-state index contributed by atoms with van der Waals surface area (Å²) in [5.41, 5.74) is 0.438. The van der Waals surface area contributed by atoms with Gasteiger partial charge >= 0.3 is 6.09 Å². The monoisotopic (exact) mass is 469 g/mol. The molecule has 2 aliphatic rings. The van der Waals surface area contributed by atoms with Gasteiger partial charge in [0.05, 0.1) is 22.0 Å². The second-order valence-corrected chi connectivity index (χ2v) is 16.8. The van der Waals surface area contributed by atoms with Crippen LogP contribution in [-0.2, 0) is 4.74 Å². The third-order valence-electron chi connectivity index (χ3n) is 5.49. The number of hydrogen-bond donors (Lipinski definition) is 1. The molecular formula is C18H24BrN3O3SSi. The second kappa shape index (κ2) is 6.70. The normalized spacial score (nSPS) is 21.2. The van der Waals surface area contributed by atoms with Gasteiger partial charge in [-0.15, -0.1) is 11.3 Å². The lowest BCUT2D eigenvalue weighted by Crippen LogP contribution is -2.40. The number of amides is 1. The van der Waals surface area contributed by atoms with Crippen LogP contribution in [0.25, 0.3) is 10.2 Å². The fourth-order valence-electron chi connectivity index (χ4n) is 3.80. The molecule has 1 amide bonds. The van der Waals surface area contributed by atoms with E-state index in [0.29, 0.717) is 22.6 Å². The maximum Gasteiger partial charge on any atom is 0.410 e. The number of thiophene rings is 1. The van der Waals surface area contributed by atoms with Crippen molar-refractivity contribution in [1.82, 2.24) is 14.9 Å².